The quantitative estimate of drug-likeness (QED) is 0.783. The number of alkyl halides is 2. The molecule has 0 saturated heterocycles. The number of aliphatic carboxylic acids is 1. The topological polar surface area (TPSA) is 68.0 Å². The Kier molecular flexibility index (Phi) is 3.10. The SMILES string of the molecule is Cn1nncc1C(CC(=O)O)C(F)F. The lowest BCUT2D eigenvalue weighted by atomic mass is 10.0. The Hall–Kier alpha value is -1.53. The molecule has 1 unspecified atom stereocenters. The molecule has 0 amide bonds. The Balaban J connectivity index is 2.88. The van der Waals surface area contributed by atoms with Gasteiger partial charge < -0.3 is 5.11 Å². The van der Waals surface area contributed by atoms with Gasteiger partial charge in [0.2, 0.25) is 6.43 Å². The van der Waals surface area contributed by atoms with Crippen LogP contribution in [-0.2, 0) is 11.8 Å². The van der Waals surface area contributed by atoms with E-state index in [4.69, 9.17) is 5.11 Å². The number of hydrogen-bond acceptors (Lipinski definition) is 3. The van der Waals surface area contributed by atoms with Gasteiger partial charge in [-0.2, -0.15) is 0 Å². The van der Waals surface area contributed by atoms with E-state index >= 15 is 0 Å². The average Bonchev–Trinajstić information content (AvgIpc) is 2.46. The van der Waals surface area contributed by atoms with Crippen molar-refractivity contribution in [1.82, 2.24) is 15.0 Å². The Morgan fingerprint density at radius 2 is 2.36 bits per heavy atom. The van der Waals surface area contributed by atoms with Gasteiger partial charge >= 0.3 is 5.97 Å². The summed E-state index contributed by atoms with van der Waals surface area (Å²) >= 11 is 0. The highest BCUT2D eigenvalue weighted by Crippen LogP contribution is 2.25. The number of rotatable bonds is 4. The van der Waals surface area contributed by atoms with Gasteiger partial charge in [-0.3, -0.25) is 9.48 Å². The number of nitrogens with zero attached hydrogens (tertiary/aromatic N) is 3. The third-order valence-electron chi connectivity index (χ3n) is 1.83. The molecular weight excluding hydrogens is 196 g/mol. The molecule has 78 valence electrons. The molecule has 5 nitrogen and oxygen atoms in total. The predicted octanol–water partition coefficient (Wildman–Crippen LogP) is 0.639. The van der Waals surface area contributed by atoms with Gasteiger partial charge in [-0.25, -0.2) is 8.78 Å². The molecule has 1 aromatic rings. The summed E-state index contributed by atoms with van der Waals surface area (Å²) < 4.78 is 26.1. The van der Waals surface area contributed by atoms with Crippen LogP contribution in [-0.4, -0.2) is 32.5 Å². The first-order valence-electron chi connectivity index (χ1n) is 3.87. The zero-order valence-corrected chi connectivity index (χ0v) is 7.39. The minimum atomic E-state index is -2.73. The van der Waals surface area contributed by atoms with E-state index in [-0.39, 0.29) is 5.69 Å². The Bertz CT molecular complexity index is 326. The van der Waals surface area contributed by atoms with Gasteiger partial charge in [0.1, 0.15) is 0 Å². The summed E-state index contributed by atoms with van der Waals surface area (Å²) in [6.07, 6.45) is -2.21. The first kappa shape index (κ1) is 10.6. The van der Waals surface area contributed by atoms with E-state index in [2.05, 4.69) is 10.3 Å². The van der Waals surface area contributed by atoms with Gasteiger partial charge in [-0.15, -0.1) is 5.10 Å². The van der Waals surface area contributed by atoms with E-state index < -0.39 is 24.7 Å². The summed E-state index contributed by atoms with van der Waals surface area (Å²) in [6, 6.07) is 0. The number of hydrogen-bond donors (Lipinski definition) is 1. The molecule has 1 rings (SSSR count). The van der Waals surface area contributed by atoms with E-state index in [0.717, 1.165) is 10.9 Å². The van der Waals surface area contributed by atoms with Crippen LogP contribution in [0.2, 0.25) is 0 Å². The van der Waals surface area contributed by atoms with Gasteiger partial charge in [0.15, 0.2) is 0 Å². The van der Waals surface area contributed by atoms with Gasteiger partial charge in [-0.1, -0.05) is 5.21 Å². The number of aryl methyl sites for hydroxylation is 1. The molecule has 7 heteroatoms. The summed E-state index contributed by atoms with van der Waals surface area (Å²) in [5, 5.41) is 15.3. The summed E-state index contributed by atoms with van der Waals surface area (Å²) in [7, 11) is 1.44. The van der Waals surface area contributed by atoms with Crippen molar-refractivity contribution < 1.29 is 18.7 Å². The lowest BCUT2D eigenvalue weighted by molar-refractivity contribution is -0.138. The van der Waals surface area contributed by atoms with Crippen molar-refractivity contribution >= 4 is 5.97 Å². The fourth-order valence-corrected chi connectivity index (χ4v) is 1.14. The number of carbonyl (C=O) groups is 1. The third-order valence-corrected chi connectivity index (χ3v) is 1.83. The fraction of sp³-hybridized carbons (Fsp3) is 0.571. The molecule has 0 saturated carbocycles. The van der Waals surface area contributed by atoms with E-state index in [1.165, 1.54) is 7.05 Å². The van der Waals surface area contributed by atoms with Crippen molar-refractivity contribution in [3.8, 4) is 0 Å². The maximum absolute atomic E-state index is 12.5. The number of carboxylic acids is 1. The molecule has 14 heavy (non-hydrogen) atoms. The van der Waals surface area contributed by atoms with Crippen LogP contribution >= 0.6 is 0 Å². The zero-order valence-electron chi connectivity index (χ0n) is 7.39. The summed E-state index contributed by atoms with van der Waals surface area (Å²) in [5.41, 5.74) is 0.127. The lowest BCUT2D eigenvalue weighted by Crippen LogP contribution is -2.17. The molecule has 1 N–H and O–H groups in total. The second-order valence-electron chi connectivity index (χ2n) is 2.82. The van der Waals surface area contributed by atoms with Crippen LogP contribution in [0.5, 0.6) is 0 Å². The fourth-order valence-electron chi connectivity index (χ4n) is 1.14. The van der Waals surface area contributed by atoms with E-state index in [1.54, 1.807) is 0 Å². The highest BCUT2D eigenvalue weighted by Gasteiger charge is 2.28. The third kappa shape index (κ3) is 2.24. The minimum Gasteiger partial charge on any atom is -0.481 e. The first-order chi connectivity index (χ1) is 6.52. The molecule has 0 bridgehead atoms. The van der Waals surface area contributed by atoms with Crippen LogP contribution in [0.25, 0.3) is 0 Å². The van der Waals surface area contributed by atoms with Gasteiger partial charge in [-0.05, 0) is 0 Å². The van der Waals surface area contributed by atoms with Crippen LogP contribution in [0, 0.1) is 0 Å². The Morgan fingerprint density at radius 3 is 2.71 bits per heavy atom. The van der Waals surface area contributed by atoms with Crippen molar-refractivity contribution in [3.05, 3.63) is 11.9 Å². The monoisotopic (exact) mass is 205 g/mol. The van der Waals surface area contributed by atoms with Crippen molar-refractivity contribution in [2.45, 2.75) is 18.8 Å². The number of aromatic nitrogens is 3. The summed E-state index contributed by atoms with van der Waals surface area (Å²) in [4.78, 5) is 10.3. The van der Waals surface area contributed by atoms with E-state index in [9.17, 15) is 13.6 Å². The molecule has 1 atom stereocenters. The van der Waals surface area contributed by atoms with E-state index in [0.29, 0.717) is 0 Å². The maximum Gasteiger partial charge on any atom is 0.304 e. The summed E-state index contributed by atoms with van der Waals surface area (Å²) in [5.74, 6) is -2.62. The van der Waals surface area contributed by atoms with Crippen molar-refractivity contribution in [3.63, 3.8) is 0 Å². The first-order valence-corrected chi connectivity index (χ1v) is 3.87. The van der Waals surface area contributed by atoms with Gasteiger partial charge in [0.05, 0.1) is 24.2 Å². The second-order valence-corrected chi connectivity index (χ2v) is 2.82. The predicted molar refractivity (Wildman–Crippen MR) is 42.0 cm³/mol. The maximum atomic E-state index is 12.5. The van der Waals surface area contributed by atoms with Crippen LogP contribution in [0.4, 0.5) is 8.78 Å². The Morgan fingerprint density at radius 1 is 1.71 bits per heavy atom. The number of halogens is 2. The average molecular weight is 205 g/mol. The molecule has 1 aromatic heterocycles. The van der Waals surface area contributed by atoms with Crippen molar-refractivity contribution in [2.75, 3.05) is 0 Å². The highest BCUT2D eigenvalue weighted by molar-refractivity contribution is 5.67. The van der Waals surface area contributed by atoms with Crippen LogP contribution in [0.15, 0.2) is 6.20 Å². The largest absolute Gasteiger partial charge is 0.481 e. The van der Waals surface area contributed by atoms with Gasteiger partial charge in [0.25, 0.3) is 0 Å². The van der Waals surface area contributed by atoms with Crippen LogP contribution in [0.1, 0.15) is 18.0 Å². The molecule has 0 aromatic carbocycles. The second kappa shape index (κ2) is 4.12. The molecule has 0 aliphatic heterocycles. The van der Waals surface area contributed by atoms with Crippen molar-refractivity contribution in [2.24, 2.45) is 7.05 Å². The molecule has 1 heterocycles. The Labute approximate surface area is 78.3 Å². The molecule has 0 spiro atoms. The molecule has 0 aliphatic carbocycles. The lowest BCUT2D eigenvalue weighted by Gasteiger charge is -2.12. The zero-order chi connectivity index (χ0) is 10.7. The number of carboxylic acid groups (broad SMARTS) is 1. The molecular formula is C7H9F2N3O2. The highest BCUT2D eigenvalue weighted by atomic mass is 19.3. The van der Waals surface area contributed by atoms with Crippen LogP contribution in [0.3, 0.4) is 0 Å². The minimum absolute atomic E-state index is 0.127. The van der Waals surface area contributed by atoms with Crippen LogP contribution < -0.4 is 0 Å². The van der Waals surface area contributed by atoms with Gasteiger partial charge in [0, 0.05) is 7.05 Å². The smallest absolute Gasteiger partial charge is 0.304 e. The molecule has 0 radical (unpaired) electrons. The summed E-state index contributed by atoms with van der Waals surface area (Å²) in [6.45, 7) is 0. The van der Waals surface area contributed by atoms with E-state index in [1.807, 2.05) is 0 Å². The molecule has 0 aliphatic rings. The normalized spacial score (nSPS) is 13.1. The molecule has 0 fully saturated rings. The van der Waals surface area contributed by atoms with Crippen molar-refractivity contribution in [1.29, 1.82) is 0 Å². The standard InChI is InChI=1S/C7H9F2N3O2/c1-12-5(3-10-11-12)4(7(8)9)2-6(13)14/h3-4,7H,2H2,1H3,(H,13,14).